The van der Waals surface area contributed by atoms with E-state index in [0.717, 1.165) is 18.4 Å². The minimum absolute atomic E-state index is 0.0248. The maximum Gasteiger partial charge on any atom is 0.249 e. The molecule has 0 radical (unpaired) electrons. The average Bonchev–Trinajstić information content (AvgIpc) is 3.57. The highest BCUT2D eigenvalue weighted by Crippen LogP contribution is 2.52. The molecule has 1 fully saturated rings. The Balaban J connectivity index is 1.50. The van der Waals surface area contributed by atoms with Gasteiger partial charge >= 0.3 is 0 Å². The van der Waals surface area contributed by atoms with Crippen LogP contribution in [0.3, 0.4) is 0 Å². The molecular weight excluding hydrogens is 538 g/mol. The van der Waals surface area contributed by atoms with Crippen LogP contribution in [0, 0.1) is 11.6 Å². The summed E-state index contributed by atoms with van der Waals surface area (Å²) in [5.41, 5.74) is 6.40. The van der Waals surface area contributed by atoms with Gasteiger partial charge in [-0.2, -0.15) is 0 Å². The molecule has 3 aromatic rings. The van der Waals surface area contributed by atoms with E-state index in [4.69, 9.17) is 26.8 Å². The van der Waals surface area contributed by atoms with Crippen molar-refractivity contribution in [3.8, 4) is 22.6 Å². The van der Waals surface area contributed by atoms with E-state index < -0.39 is 23.1 Å². The Hall–Kier alpha value is -3.20. The molecule has 2 heterocycles. The Bertz CT molecular complexity index is 1480. The number of carbonyl (C=O) groups is 1. The number of hydrogen-bond donors (Lipinski definition) is 3. The normalized spacial score (nSPS) is 24.1. The molecule has 1 aliphatic carbocycles. The van der Waals surface area contributed by atoms with E-state index in [1.165, 1.54) is 12.1 Å². The van der Waals surface area contributed by atoms with Gasteiger partial charge < -0.3 is 25.6 Å². The van der Waals surface area contributed by atoms with Gasteiger partial charge in [0.05, 0.1) is 23.3 Å². The summed E-state index contributed by atoms with van der Waals surface area (Å²) in [6.07, 6.45) is 3.44. The Kier molecular flexibility index (Phi) is 6.97. The predicted octanol–water partition coefficient (Wildman–Crippen LogP) is 5.43. The van der Waals surface area contributed by atoms with Crippen molar-refractivity contribution in [3.05, 3.63) is 81.4 Å². The molecule has 40 heavy (non-hydrogen) atoms. The maximum absolute atomic E-state index is 16.1. The largest absolute Gasteiger partial charge is 0.490 e. The number of benzene rings is 3. The first-order chi connectivity index (χ1) is 19.2. The fourth-order valence-electron chi connectivity index (χ4n) is 6.49. The summed E-state index contributed by atoms with van der Waals surface area (Å²) in [6.45, 7) is 2.28. The van der Waals surface area contributed by atoms with Gasteiger partial charge in [0, 0.05) is 53.2 Å². The van der Waals surface area contributed by atoms with Crippen molar-refractivity contribution < 1.29 is 28.2 Å². The van der Waals surface area contributed by atoms with Gasteiger partial charge in [0.15, 0.2) is 17.2 Å². The number of nitrogens with two attached hydrogens (primary N) is 1. The number of fused-ring (bicyclic) bond motifs is 2. The van der Waals surface area contributed by atoms with Gasteiger partial charge in [0.2, 0.25) is 5.91 Å². The standard InChI is InChI=1S/C31H31ClF2N2O4/c1-16(36-19-7-9-20(37)10-8-19)31(18-5-3-2-4-6-18)15-22-24(40-31)14-23(33)27(32)25(22)26-21(30(35)38)13-17-11-12-39-29(17)28(26)34/h2-6,13-14,16,19-20,36-37H,7-12,15H2,1H3,(H2,35,38)/t16?,19?,20?,31-/m1/s1. The molecule has 6 nitrogen and oxygen atoms in total. The number of aliphatic hydroxyl groups excluding tert-OH is 1. The monoisotopic (exact) mass is 568 g/mol. The van der Waals surface area contributed by atoms with E-state index in [0.29, 0.717) is 30.4 Å². The van der Waals surface area contributed by atoms with Crippen molar-refractivity contribution in [3.63, 3.8) is 0 Å². The van der Waals surface area contributed by atoms with Crippen LogP contribution in [0.15, 0.2) is 42.5 Å². The average molecular weight is 569 g/mol. The first-order valence-electron chi connectivity index (χ1n) is 13.7. The Morgan fingerprint density at radius 1 is 1.15 bits per heavy atom. The number of carbonyl (C=O) groups excluding carboxylic acids is 1. The summed E-state index contributed by atoms with van der Waals surface area (Å²) in [5.74, 6) is -2.18. The summed E-state index contributed by atoms with van der Waals surface area (Å²) in [6, 6.07) is 12.3. The minimum Gasteiger partial charge on any atom is -0.490 e. The summed E-state index contributed by atoms with van der Waals surface area (Å²) >= 11 is 6.57. The molecule has 3 aromatic carbocycles. The Morgan fingerprint density at radius 2 is 1.88 bits per heavy atom. The van der Waals surface area contributed by atoms with E-state index in [-0.39, 0.29) is 64.4 Å². The number of halogens is 3. The molecule has 4 N–H and O–H groups in total. The van der Waals surface area contributed by atoms with Crippen LogP contribution in [0.2, 0.25) is 5.02 Å². The third kappa shape index (κ3) is 4.42. The third-order valence-corrected chi connectivity index (χ3v) is 8.96. The van der Waals surface area contributed by atoms with Crippen LogP contribution in [-0.4, -0.2) is 35.8 Å². The second kappa shape index (κ2) is 10.3. The van der Waals surface area contributed by atoms with Crippen molar-refractivity contribution >= 4 is 17.5 Å². The van der Waals surface area contributed by atoms with Crippen LogP contribution < -0.4 is 20.5 Å². The number of amides is 1. The maximum atomic E-state index is 16.1. The molecule has 9 heteroatoms. The molecule has 0 bridgehead atoms. The lowest BCUT2D eigenvalue weighted by molar-refractivity contribution is 0.0401. The lowest BCUT2D eigenvalue weighted by Crippen LogP contribution is -2.53. The quantitative estimate of drug-likeness (QED) is 0.369. The molecule has 3 aliphatic rings. The van der Waals surface area contributed by atoms with Crippen molar-refractivity contribution in [1.82, 2.24) is 5.32 Å². The topological polar surface area (TPSA) is 93.8 Å². The van der Waals surface area contributed by atoms with E-state index in [1.807, 2.05) is 37.3 Å². The number of ether oxygens (including phenoxy) is 2. The zero-order valence-corrected chi connectivity index (χ0v) is 22.9. The second-order valence-corrected chi connectivity index (χ2v) is 11.4. The molecule has 2 atom stereocenters. The summed E-state index contributed by atoms with van der Waals surface area (Å²) in [5, 5.41) is 13.4. The molecule has 1 saturated carbocycles. The highest BCUT2D eigenvalue weighted by atomic mass is 35.5. The minimum atomic E-state index is -0.984. The van der Waals surface area contributed by atoms with Crippen LogP contribution in [0.4, 0.5) is 8.78 Å². The molecule has 2 aliphatic heterocycles. The third-order valence-electron chi connectivity index (χ3n) is 8.59. The van der Waals surface area contributed by atoms with Gasteiger partial charge in [0.25, 0.3) is 0 Å². The zero-order valence-electron chi connectivity index (χ0n) is 22.1. The molecule has 0 spiro atoms. The number of nitrogens with one attached hydrogen (secondary N) is 1. The van der Waals surface area contributed by atoms with Crippen LogP contribution in [0.1, 0.15) is 59.7 Å². The number of hydrogen-bond acceptors (Lipinski definition) is 5. The van der Waals surface area contributed by atoms with E-state index in [1.54, 1.807) is 0 Å². The molecular formula is C31H31ClF2N2O4. The Labute approximate surface area is 236 Å². The van der Waals surface area contributed by atoms with Crippen molar-refractivity contribution in [2.45, 2.75) is 69.2 Å². The molecule has 210 valence electrons. The van der Waals surface area contributed by atoms with Crippen LogP contribution in [0.25, 0.3) is 11.1 Å². The van der Waals surface area contributed by atoms with Gasteiger partial charge in [0.1, 0.15) is 11.6 Å². The van der Waals surface area contributed by atoms with Gasteiger partial charge in [-0.15, -0.1) is 0 Å². The highest BCUT2D eigenvalue weighted by Gasteiger charge is 2.48. The van der Waals surface area contributed by atoms with E-state index in [9.17, 15) is 9.90 Å². The summed E-state index contributed by atoms with van der Waals surface area (Å²) in [4.78, 5) is 12.6. The number of primary amides is 1. The van der Waals surface area contributed by atoms with Crippen molar-refractivity contribution in [1.29, 1.82) is 0 Å². The fraction of sp³-hybridized carbons (Fsp3) is 0.387. The highest BCUT2D eigenvalue weighted by molar-refractivity contribution is 6.34. The van der Waals surface area contributed by atoms with E-state index in [2.05, 4.69) is 5.32 Å². The number of rotatable bonds is 6. The molecule has 6 rings (SSSR count). The summed E-state index contributed by atoms with van der Waals surface area (Å²) in [7, 11) is 0. The van der Waals surface area contributed by atoms with Crippen LogP contribution in [0.5, 0.6) is 11.5 Å². The van der Waals surface area contributed by atoms with Gasteiger partial charge in [-0.05, 0) is 44.2 Å². The zero-order chi connectivity index (χ0) is 28.2. The van der Waals surface area contributed by atoms with Gasteiger partial charge in [-0.25, -0.2) is 8.78 Å². The first kappa shape index (κ1) is 27.0. The predicted molar refractivity (Wildman–Crippen MR) is 148 cm³/mol. The van der Waals surface area contributed by atoms with Gasteiger partial charge in [-0.1, -0.05) is 41.9 Å². The summed E-state index contributed by atoms with van der Waals surface area (Å²) < 4.78 is 43.7. The SMILES string of the molecule is CC(NC1CCC(O)CC1)[C@@]1(c2ccccc2)Cc2c(cc(F)c(Cl)c2-c2c(C(N)=O)cc3c(c2F)OCC3)O1. The smallest absolute Gasteiger partial charge is 0.249 e. The van der Waals surface area contributed by atoms with Crippen molar-refractivity contribution in [2.75, 3.05) is 6.61 Å². The van der Waals surface area contributed by atoms with Gasteiger partial charge in [-0.3, -0.25) is 4.79 Å². The van der Waals surface area contributed by atoms with Crippen LogP contribution >= 0.6 is 11.6 Å². The first-order valence-corrected chi connectivity index (χ1v) is 14.0. The van der Waals surface area contributed by atoms with E-state index >= 15 is 8.78 Å². The lowest BCUT2D eigenvalue weighted by atomic mass is 9.80. The molecule has 1 unspecified atom stereocenters. The second-order valence-electron chi connectivity index (χ2n) is 11.0. The lowest BCUT2D eigenvalue weighted by Gasteiger charge is -2.39. The Morgan fingerprint density at radius 3 is 2.58 bits per heavy atom. The molecule has 0 aromatic heterocycles. The van der Waals surface area contributed by atoms with Crippen LogP contribution in [-0.2, 0) is 18.4 Å². The van der Waals surface area contributed by atoms with Crippen molar-refractivity contribution in [2.24, 2.45) is 5.73 Å². The fourth-order valence-corrected chi connectivity index (χ4v) is 6.76. The molecule has 1 amide bonds. The molecule has 0 saturated heterocycles. The number of aliphatic hydroxyl groups is 1.